The van der Waals surface area contributed by atoms with E-state index < -0.39 is 32.9 Å². The van der Waals surface area contributed by atoms with Crippen LogP contribution in [0.4, 0.5) is 0 Å². The summed E-state index contributed by atoms with van der Waals surface area (Å²) in [6, 6.07) is 84.9. The van der Waals surface area contributed by atoms with Gasteiger partial charge in [-0.2, -0.15) is 8.42 Å². The van der Waals surface area contributed by atoms with Crippen molar-refractivity contribution in [3.8, 4) is 17.2 Å². The Morgan fingerprint density at radius 1 is 0.415 bits per heavy atom. The third kappa shape index (κ3) is 23.2. The molecule has 14 rings (SSSR count). The SMILES string of the molecule is C=C(C)C(=O)OC12CC3CC(C1)CC(C(=O)Oc1ccc([S+](c4ccccc4)c4ccccc4)cc1)(C3)C2.C=C(C)C(=O)OC1CCCC1.C=C(C)C(=O)OCCS(=O)(=O)Oc1ccc([S+](c2ccccc2)c2ccccc2)cc1.CC(=O)Oc1ccc([S+](c2ccccc2)c2ccccc2)cc1.[CH3-].[CH3-].[CH3-]. The summed E-state index contributed by atoms with van der Waals surface area (Å²) in [5.41, 5.74) is -0.0420. The molecule has 0 radical (unpaired) electrons. The number of rotatable bonds is 22. The number of carbonyl (C=O) groups is 5. The van der Waals surface area contributed by atoms with Crippen molar-refractivity contribution in [2.45, 2.75) is 148 Å². The van der Waals surface area contributed by atoms with Crippen molar-refractivity contribution < 1.29 is 60.3 Å². The first kappa shape index (κ1) is 83.6. The highest BCUT2D eigenvalue weighted by Gasteiger charge is 2.63. The van der Waals surface area contributed by atoms with E-state index in [1.165, 1.54) is 56.1 Å². The lowest BCUT2D eigenvalue weighted by Gasteiger charge is -2.59. The molecule has 2 unspecified atom stereocenters. The van der Waals surface area contributed by atoms with Gasteiger partial charge in [0.25, 0.3) is 0 Å². The van der Waals surface area contributed by atoms with Crippen LogP contribution in [0.5, 0.6) is 17.2 Å². The van der Waals surface area contributed by atoms with E-state index in [0.29, 0.717) is 40.9 Å². The Hall–Kier alpha value is -9.65. The van der Waals surface area contributed by atoms with Gasteiger partial charge in [0.05, 0.1) is 38.1 Å². The van der Waals surface area contributed by atoms with Crippen molar-refractivity contribution in [3.05, 3.63) is 314 Å². The van der Waals surface area contributed by atoms with Gasteiger partial charge in [0, 0.05) is 30.1 Å². The molecule has 2 atom stereocenters. The zero-order chi connectivity index (χ0) is 72.9. The van der Waals surface area contributed by atoms with Crippen LogP contribution in [0.2, 0.25) is 0 Å². The Kier molecular flexibility index (Phi) is 31.3. The summed E-state index contributed by atoms with van der Waals surface area (Å²) in [5.74, 6) is -0.0124. The number of ether oxygens (including phenoxy) is 5. The zero-order valence-electron chi connectivity index (χ0n) is 61.5. The topological polar surface area (TPSA) is 175 Å². The number of benzene rings is 9. The fourth-order valence-corrected chi connectivity index (χ4v) is 20.5. The lowest BCUT2D eigenvalue weighted by Crippen LogP contribution is -2.60. The summed E-state index contributed by atoms with van der Waals surface area (Å²) in [6.07, 6.45) is 9.57. The molecule has 0 heterocycles. The second-order valence-corrected chi connectivity index (χ2v) is 33.9. The second kappa shape index (κ2) is 39.6. The molecule has 9 aromatic carbocycles. The largest absolute Gasteiger partial charge is 0.461 e. The van der Waals surface area contributed by atoms with Crippen LogP contribution < -0.4 is 13.7 Å². The van der Waals surface area contributed by atoms with Gasteiger partial charge in [-0.25, -0.2) is 14.4 Å². The predicted octanol–water partition coefficient (Wildman–Crippen LogP) is 19.9. The summed E-state index contributed by atoms with van der Waals surface area (Å²) in [6.45, 7) is 16.7. The van der Waals surface area contributed by atoms with E-state index in [0.717, 1.165) is 59.6 Å². The van der Waals surface area contributed by atoms with Crippen LogP contribution in [-0.4, -0.2) is 62.3 Å². The predicted molar refractivity (Wildman–Crippen MR) is 425 cm³/mol. The smallest absolute Gasteiger partial charge is 0.333 e. The molecule has 554 valence electrons. The molecule has 0 aromatic heterocycles. The van der Waals surface area contributed by atoms with Gasteiger partial charge in [0.2, 0.25) is 0 Å². The van der Waals surface area contributed by atoms with E-state index in [1.807, 2.05) is 109 Å². The van der Waals surface area contributed by atoms with E-state index in [1.54, 1.807) is 26.0 Å². The number of hydrogen-bond acceptors (Lipinski definition) is 13. The molecule has 5 fully saturated rings. The molecule has 106 heavy (non-hydrogen) atoms. The Bertz CT molecular complexity index is 4330. The van der Waals surface area contributed by atoms with E-state index in [4.69, 9.17) is 27.9 Å². The maximum atomic E-state index is 13.7. The molecule has 0 saturated heterocycles. The van der Waals surface area contributed by atoms with Gasteiger partial charge < -0.3 is 50.1 Å². The van der Waals surface area contributed by atoms with Crippen molar-refractivity contribution >= 4 is 72.6 Å². The van der Waals surface area contributed by atoms with Crippen LogP contribution in [0.3, 0.4) is 0 Å². The zero-order valence-corrected chi connectivity index (χ0v) is 64.8. The summed E-state index contributed by atoms with van der Waals surface area (Å²) in [7, 11) is -4.66. The van der Waals surface area contributed by atoms with Crippen LogP contribution in [0.25, 0.3) is 0 Å². The van der Waals surface area contributed by atoms with Crippen molar-refractivity contribution in [3.63, 3.8) is 0 Å². The summed E-state index contributed by atoms with van der Waals surface area (Å²) < 4.78 is 56.7. The standard InChI is InChI=1S/C33H33O4S.C24H23O5S2.C20H17O2S.C9H14O2.3CH3/c1-23(2)30(34)37-33-20-24-17-25(21-33)19-32(18-24,22-33)31(35)36-26-13-15-29(16-14-26)38(27-9-5-3-6-10-27)28-11-7-4-8-12-28;1-19(2)24(25)28-17-18-31(26,27)29-20-13-15-23(16-14-20)30(21-9-5-3-6-10-21)22-11-7-4-8-12-22;1-16(21)22-17-12-14-20(15-13-17)23(18-8-4-2-5-9-18)19-10-6-3-7-11-19;1-7(2)9(10)11-8-5-3-4-6-8;;;/h3-16,24-25H,1,17-22H2,2H3;3-16H,1,17-18H2,2H3;2-15H,1H3;8H,1,3-6H2,2H3;3*1H3/q3*+1;;3*-1. The van der Waals surface area contributed by atoms with Crippen molar-refractivity contribution in [1.82, 2.24) is 0 Å². The van der Waals surface area contributed by atoms with Gasteiger partial charge >= 0.3 is 40.0 Å². The lowest BCUT2D eigenvalue weighted by atomic mass is 9.48. The highest BCUT2D eigenvalue weighted by Crippen LogP contribution is 2.63. The van der Waals surface area contributed by atoms with E-state index >= 15 is 0 Å². The summed E-state index contributed by atoms with van der Waals surface area (Å²) >= 11 is 0. The van der Waals surface area contributed by atoms with Crippen LogP contribution in [-0.2, 0) is 81.0 Å². The van der Waals surface area contributed by atoms with E-state index in [2.05, 4.69) is 153 Å². The maximum Gasteiger partial charge on any atom is 0.333 e. The maximum absolute atomic E-state index is 13.7. The Morgan fingerprint density at radius 3 is 1.07 bits per heavy atom. The molecule has 5 saturated carbocycles. The normalized spacial score (nSPS) is 17.2. The monoisotopic (exact) mass is 1500 g/mol. The molecule has 0 spiro atoms. The first-order valence-corrected chi connectivity index (χ1v) is 39.6. The van der Waals surface area contributed by atoms with Crippen molar-refractivity contribution in [1.29, 1.82) is 0 Å². The van der Waals surface area contributed by atoms with Crippen molar-refractivity contribution in [2.75, 3.05) is 12.4 Å². The van der Waals surface area contributed by atoms with Crippen LogP contribution in [0.15, 0.2) is 335 Å². The number of hydrogen-bond donors (Lipinski definition) is 0. The molecule has 17 heteroatoms. The molecule has 9 aromatic rings. The fraction of sp³-hybridized carbons (Fsp3) is 0.236. The van der Waals surface area contributed by atoms with Gasteiger partial charge in [0.1, 0.15) is 41.3 Å². The van der Waals surface area contributed by atoms with Gasteiger partial charge in [0.15, 0.2) is 44.1 Å². The molecule has 0 aliphatic heterocycles. The van der Waals surface area contributed by atoms with Crippen LogP contribution in [0, 0.1) is 39.5 Å². The Morgan fingerprint density at radius 2 is 0.736 bits per heavy atom. The quantitative estimate of drug-likeness (QED) is 0.0119. The van der Waals surface area contributed by atoms with Gasteiger partial charge in [-0.1, -0.05) is 129 Å². The third-order valence-electron chi connectivity index (χ3n) is 17.7. The highest BCUT2D eigenvalue weighted by atomic mass is 32.2. The molecule has 4 bridgehead atoms. The summed E-state index contributed by atoms with van der Waals surface area (Å²) in [4.78, 5) is 70.3. The fourth-order valence-electron chi connectivity index (χ4n) is 13.5. The minimum atomic E-state index is -3.90. The molecule has 0 amide bonds. The van der Waals surface area contributed by atoms with E-state index in [9.17, 15) is 32.4 Å². The number of esters is 5. The lowest BCUT2D eigenvalue weighted by molar-refractivity contribution is -0.206. The first-order valence-electron chi connectivity index (χ1n) is 34.4. The second-order valence-electron chi connectivity index (χ2n) is 26.1. The Balaban J connectivity index is 0.000000209. The first-order chi connectivity index (χ1) is 49.6. The van der Waals surface area contributed by atoms with Crippen molar-refractivity contribution in [2.24, 2.45) is 17.3 Å². The van der Waals surface area contributed by atoms with Gasteiger partial charge in [-0.3, -0.25) is 9.59 Å². The minimum absolute atomic E-state index is 0. The summed E-state index contributed by atoms with van der Waals surface area (Å²) in [5, 5.41) is 0. The number of carbonyl (C=O) groups excluding carboxylic acids is 5. The molecule has 0 N–H and O–H groups in total. The van der Waals surface area contributed by atoms with Crippen LogP contribution >= 0.6 is 0 Å². The highest BCUT2D eigenvalue weighted by molar-refractivity contribution is 7.97. The molecule has 5 aliphatic carbocycles. The molecule has 13 nitrogen and oxygen atoms in total. The molecular formula is C89H96O13S4. The van der Waals surface area contributed by atoms with E-state index in [-0.39, 0.29) is 103 Å². The molecule has 5 aliphatic rings. The average molecular weight is 1500 g/mol. The average Bonchev–Trinajstić information content (AvgIpc) is 0.746. The van der Waals surface area contributed by atoms with Gasteiger partial charge in [-0.05, 0) is 236 Å². The minimum Gasteiger partial charge on any atom is -0.461 e. The molecular weight excluding hydrogens is 1410 g/mol. The Labute approximate surface area is 636 Å². The van der Waals surface area contributed by atoms with Crippen LogP contribution in [0.1, 0.15) is 91.9 Å². The third-order valence-corrected chi connectivity index (χ3v) is 25.5. The van der Waals surface area contributed by atoms with Gasteiger partial charge in [-0.15, -0.1) is 0 Å².